The molecule has 0 saturated heterocycles. The van der Waals surface area contributed by atoms with Crippen molar-refractivity contribution in [2.24, 2.45) is 0 Å². The normalized spacial score (nSPS) is 12.3. The molecule has 4 nitrogen and oxygen atoms in total. The van der Waals surface area contributed by atoms with Crippen molar-refractivity contribution in [3.63, 3.8) is 0 Å². The molecule has 1 heterocycles. The minimum atomic E-state index is -4.23. The van der Waals surface area contributed by atoms with E-state index >= 15 is 0 Å². The Bertz CT molecular complexity index is 716. The van der Waals surface area contributed by atoms with Crippen molar-refractivity contribution < 1.29 is 22.3 Å². The highest BCUT2D eigenvalue weighted by Gasteiger charge is 2.40. The van der Waals surface area contributed by atoms with Crippen molar-refractivity contribution in [2.75, 3.05) is 6.61 Å². The molecule has 0 saturated carbocycles. The van der Waals surface area contributed by atoms with E-state index in [-0.39, 0.29) is 5.82 Å². The molecule has 1 aromatic heterocycles. The summed E-state index contributed by atoms with van der Waals surface area (Å²) in [5.74, 6) is -4.22. The van der Waals surface area contributed by atoms with Crippen LogP contribution in [-0.2, 0) is 17.8 Å². The number of aryl methyl sites for hydroxylation is 1. The Morgan fingerprint density at radius 2 is 2.09 bits per heavy atom. The van der Waals surface area contributed by atoms with E-state index in [0.717, 1.165) is 12.0 Å². The molecule has 0 aliphatic heterocycles. The van der Waals surface area contributed by atoms with Crippen molar-refractivity contribution in [1.82, 2.24) is 9.97 Å². The summed E-state index contributed by atoms with van der Waals surface area (Å²) in [7, 11) is 0. The average Bonchev–Trinajstić information content (AvgIpc) is 2.46. The minimum absolute atomic E-state index is 0.00631. The molecule has 1 aromatic carbocycles. The van der Waals surface area contributed by atoms with Gasteiger partial charge in [0.25, 0.3) is 5.56 Å². The highest BCUT2D eigenvalue weighted by molar-refractivity contribution is 5.78. The molecule has 0 aliphatic rings. The van der Waals surface area contributed by atoms with Gasteiger partial charge >= 0.3 is 12.3 Å². The summed E-state index contributed by atoms with van der Waals surface area (Å²) in [4.78, 5) is 18.4. The van der Waals surface area contributed by atoms with Crippen molar-refractivity contribution in [1.29, 1.82) is 0 Å². The first-order valence-corrected chi connectivity index (χ1v) is 6.59. The van der Waals surface area contributed by atoms with E-state index in [4.69, 9.17) is 0 Å². The summed E-state index contributed by atoms with van der Waals surface area (Å²) in [5, 5.41) is 0.376. The van der Waals surface area contributed by atoms with E-state index in [1.807, 2.05) is 6.92 Å². The van der Waals surface area contributed by atoms with Crippen LogP contribution in [0.15, 0.2) is 23.0 Å². The number of rotatable bonds is 6. The van der Waals surface area contributed by atoms with Gasteiger partial charge in [-0.25, -0.2) is 13.8 Å². The Kier molecular flexibility index (Phi) is 4.80. The van der Waals surface area contributed by atoms with E-state index in [2.05, 4.69) is 14.7 Å². The average molecular weight is 318 g/mol. The Morgan fingerprint density at radius 3 is 2.73 bits per heavy atom. The predicted molar refractivity (Wildman–Crippen MR) is 72.3 cm³/mol. The zero-order valence-corrected chi connectivity index (χ0v) is 11.7. The van der Waals surface area contributed by atoms with Gasteiger partial charge in [-0.05, 0) is 24.1 Å². The molecule has 0 aliphatic carbocycles. The fourth-order valence-electron chi connectivity index (χ4n) is 1.87. The lowest BCUT2D eigenvalue weighted by molar-refractivity contribution is -0.168. The largest absolute Gasteiger partial charge is 0.367 e. The fraction of sp³-hybridized carbons (Fsp3) is 0.429. The van der Waals surface area contributed by atoms with Gasteiger partial charge in [0.2, 0.25) is 0 Å². The Labute approximate surface area is 123 Å². The highest BCUT2D eigenvalue weighted by Crippen LogP contribution is 2.23. The van der Waals surface area contributed by atoms with Crippen molar-refractivity contribution in [2.45, 2.75) is 32.3 Å². The number of halogens is 4. The Morgan fingerprint density at radius 1 is 1.36 bits per heavy atom. The third-order valence-corrected chi connectivity index (χ3v) is 3.08. The maximum absolute atomic E-state index is 12.7. The molecule has 0 unspecified atom stereocenters. The number of hydrogen-bond donors (Lipinski definition) is 1. The number of aromatic nitrogens is 2. The topological polar surface area (TPSA) is 55.0 Å². The second-order valence-electron chi connectivity index (χ2n) is 4.77. The van der Waals surface area contributed by atoms with Crippen molar-refractivity contribution >= 4 is 10.9 Å². The molecule has 120 valence electrons. The van der Waals surface area contributed by atoms with Gasteiger partial charge in [-0.2, -0.15) is 8.78 Å². The van der Waals surface area contributed by atoms with Crippen LogP contribution in [0.3, 0.4) is 0 Å². The number of H-pyrrole nitrogens is 1. The number of nitrogens with one attached hydrogen (secondary N) is 1. The van der Waals surface area contributed by atoms with Gasteiger partial charge in [0.05, 0.1) is 10.9 Å². The van der Waals surface area contributed by atoms with Crippen LogP contribution in [-0.4, -0.2) is 28.9 Å². The lowest BCUT2D eigenvalue weighted by Crippen LogP contribution is -2.32. The van der Waals surface area contributed by atoms with Crippen molar-refractivity contribution in [3.05, 3.63) is 39.9 Å². The van der Waals surface area contributed by atoms with Crippen LogP contribution in [0.25, 0.3) is 10.9 Å². The van der Waals surface area contributed by atoms with E-state index in [0.29, 0.717) is 10.9 Å². The number of hydrogen-bond acceptors (Lipinski definition) is 3. The van der Waals surface area contributed by atoms with E-state index < -0.39 is 31.1 Å². The van der Waals surface area contributed by atoms with Gasteiger partial charge in [0.1, 0.15) is 19.0 Å². The van der Waals surface area contributed by atoms with Crippen LogP contribution >= 0.6 is 0 Å². The molecule has 0 radical (unpaired) electrons. The van der Waals surface area contributed by atoms with Gasteiger partial charge in [-0.1, -0.05) is 13.0 Å². The van der Waals surface area contributed by atoms with Gasteiger partial charge < -0.3 is 9.72 Å². The number of fused-ring (bicyclic) bond motifs is 1. The maximum Gasteiger partial charge on any atom is 0.330 e. The van der Waals surface area contributed by atoms with Crippen LogP contribution in [0.5, 0.6) is 0 Å². The van der Waals surface area contributed by atoms with Crippen LogP contribution in [0.2, 0.25) is 0 Å². The standard InChI is InChI=1S/C14H14F4N2O2/c1-2-8-3-4-10-9(5-8)12(21)20-11(19-10)6-22-7-14(17,18)13(15)16/h3-5,13H,2,6-7H2,1H3,(H,19,20,21). The molecular formula is C14H14F4N2O2. The number of benzene rings is 1. The first kappa shape index (κ1) is 16.4. The molecule has 0 bridgehead atoms. The van der Waals surface area contributed by atoms with Crippen LogP contribution in [0, 0.1) is 0 Å². The number of alkyl halides is 4. The lowest BCUT2D eigenvalue weighted by atomic mass is 10.1. The molecule has 2 aromatic rings. The van der Waals surface area contributed by atoms with Gasteiger partial charge in [0, 0.05) is 0 Å². The summed E-state index contributed by atoms with van der Waals surface area (Å²) < 4.78 is 53.9. The fourth-order valence-corrected chi connectivity index (χ4v) is 1.87. The van der Waals surface area contributed by atoms with Crippen molar-refractivity contribution in [3.8, 4) is 0 Å². The smallest absolute Gasteiger partial charge is 0.330 e. The summed E-state index contributed by atoms with van der Waals surface area (Å²) in [6, 6.07) is 5.13. The lowest BCUT2D eigenvalue weighted by Gasteiger charge is -2.14. The zero-order chi connectivity index (χ0) is 16.3. The maximum atomic E-state index is 12.7. The molecule has 22 heavy (non-hydrogen) atoms. The monoisotopic (exact) mass is 318 g/mol. The van der Waals surface area contributed by atoms with Gasteiger partial charge in [0.15, 0.2) is 0 Å². The number of ether oxygens (including phenoxy) is 1. The molecule has 0 fully saturated rings. The van der Waals surface area contributed by atoms with Gasteiger partial charge in [-0.3, -0.25) is 4.79 Å². The first-order valence-electron chi connectivity index (χ1n) is 6.59. The second-order valence-corrected chi connectivity index (χ2v) is 4.77. The predicted octanol–water partition coefficient (Wildman–Crippen LogP) is 2.90. The Hall–Kier alpha value is -1.96. The number of aromatic amines is 1. The molecule has 0 atom stereocenters. The summed E-state index contributed by atoms with van der Waals surface area (Å²) >= 11 is 0. The van der Waals surface area contributed by atoms with Crippen LogP contribution < -0.4 is 5.56 Å². The highest BCUT2D eigenvalue weighted by atomic mass is 19.3. The molecule has 0 amide bonds. The summed E-state index contributed by atoms with van der Waals surface area (Å²) in [5.41, 5.74) is 0.917. The van der Waals surface area contributed by atoms with Crippen LogP contribution in [0.4, 0.5) is 17.6 Å². The van der Waals surface area contributed by atoms with Gasteiger partial charge in [-0.15, -0.1) is 0 Å². The summed E-state index contributed by atoms with van der Waals surface area (Å²) in [6.07, 6.45) is -3.05. The minimum Gasteiger partial charge on any atom is -0.367 e. The molecule has 1 N–H and O–H groups in total. The third kappa shape index (κ3) is 3.62. The molecule has 8 heteroatoms. The first-order chi connectivity index (χ1) is 10.3. The molecule has 0 spiro atoms. The Balaban J connectivity index is 2.15. The summed E-state index contributed by atoms with van der Waals surface area (Å²) in [6.45, 7) is 0.0123. The zero-order valence-electron chi connectivity index (χ0n) is 11.7. The van der Waals surface area contributed by atoms with E-state index in [1.165, 1.54) is 0 Å². The molecule has 2 rings (SSSR count). The SMILES string of the molecule is CCc1ccc2nc(COCC(F)(F)C(F)F)[nH]c(=O)c2c1. The van der Waals surface area contributed by atoms with E-state index in [9.17, 15) is 22.4 Å². The van der Waals surface area contributed by atoms with E-state index in [1.54, 1.807) is 18.2 Å². The molecular weight excluding hydrogens is 304 g/mol. The second kappa shape index (κ2) is 6.43. The third-order valence-electron chi connectivity index (χ3n) is 3.08. The van der Waals surface area contributed by atoms with Crippen LogP contribution in [0.1, 0.15) is 18.3 Å². The quantitative estimate of drug-likeness (QED) is 0.833. The number of nitrogens with zero attached hydrogens (tertiary/aromatic N) is 1.